The number of carboxylic acid groups (broad SMARTS) is 1. The normalized spacial score (nSPS) is 23.3. The predicted molar refractivity (Wildman–Crippen MR) is 79.2 cm³/mol. The topological polar surface area (TPSA) is 66.4 Å². The molecule has 0 spiro atoms. The smallest absolute Gasteiger partial charge is 0.306 e. The van der Waals surface area contributed by atoms with Crippen LogP contribution in [-0.2, 0) is 9.59 Å². The Labute approximate surface area is 126 Å². The molecule has 1 saturated carbocycles. The van der Waals surface area contributed by atoms with Crippen LogP contribution in [0.15, 0.2) is 28.7 Å². The van der Waals surface area contributed by atoms with Gasteiger partial charge in [0, 0.05) is 10.4 Å². The van der Waals surface area contributed by atoms with E-state index in [0.29, 0.717) is 19.3 Å². The average molecular weight is 340 g/mol. The Balaban J connectivity index is 1.93. The van der Waals surface area contributed by atoms with E-state index in [0.717, 1.165) is 10.0 Å². The van der Waals surface area contributed by atoms with Crippen molar-refractivity contribution in [3.8, 4) is 0 Å². The lowest BCUT2D eigenvalue weighted by Gasteiger charge is -2.17. The van der Waals surface area contributed by atoms with Gasteiger partial charge in [-0.1, -0.05) is 28.1 Å². The zero-order valence-electron chi connectivity index (χ0n) is 11.3. The van der Waals surface area contributed by atoms with Crippen molar-refractivity contribution in [1.29, 1.82) is 0 Å². The maximum absolute atomic E-state index is 12.2. The number of carbonyl (C=O) groups is 2. The fourth-order valence-corrected chi connectivity index (χ4v) is 3.05. The molecule has 2 rings (SSSR count). The van der Waals surface area contributed by atoms with Crippen LogP contribution in [0.4, 0.5) is 0 Å². The summed E-state index contributed by atoms with van der Waals surface area (Å²) in [6, 6.07) is 7.72. The molecule has 5 heteroatoms. The molecule has 1 aromatic rings. The van der Waals surface area contributed by atoms with Crippen LogP contribution in [0.1, 0.15) is 37.8 Å². The second kappa shape index (κ2) is 6.39. The number of hydrogen-bond donors (Lipinski definition) is 2. The highest BCUT2D eigenvalue weighted by atomic mass is 79.9. The lowest BCUT2D eigenvalue weighted by Crippen LogP contribution is -2.32. The minimum absolute atomic E-state index is 0.0405. The van der Waals surface area contributed by atoms with Crippen LogP contribution >= 0.6 is 15.9 Å². The number of rotatable bonds is 4. The highest BCUT2D eigenvalue weighted by molar-refractivity contribution is 9.10. The van der Waals surface area contributed by atoms with Crippen LogP contribution < -0.4 is 5.32 Å². The summed E-state index contributed by atoms with van der Waals surface area (Å²) in [6.45, 7) is 1.93. The second-order valence-corrected chi connectivity index (χ2v) is 6.25. The number of hydrogen-bond acceptors (Lipinski definition) is 2. The van der Waals surface area contributed by atoms with E-state index < -0.39 is 5.97 Å². The molecule has 108 valence electrons. The third-order valence-corrected chi connectivity index (χ3v) is 4.35. The highest BCUT2D eigenvalue weighted by Gasteiger charge is 2.34. The van der Waals surface area contributed by atoms with Crippen molar-refractivity contribution in [1.82, 2.24) is 5.32 Å². The summed E-state index contributed by atoms with van der Waals surface area (Å²) in [5.74, 6) is -1.38. The quantitative estimate of drug-likeness (QED) is 0.885. The molecular weight excluding hydrogens is 322 g/mol. The Morgan fingerprint density at radius 1 is 1.35 bits per heavy atom. The van der Waals surface area contributed by atoms with Gasteiger partial charge in [-0.3, -0.25) is 9.59 Å². The maximum Gasteiger partial charge on any atom is 0.306 e. The van der Waals surface area contributed by atoms with Gasteiger partial charge < -0.3 is 10.4 Å². The predicted octanol–water partition coefficient (Wildman–Crippen LogP) is 3.13. The standard InChI is InChI=1S/C15H18BrNO3/c1-9(10-3-2-4-13(16)8-10)17-14(18)11-5-6-12(7-11)15(19)20/h2-4,8-9,11-12H,5-7H2,1H3,(H,17,18)(H,19,20)/t9?,11-,12+/m1/s1. The number of carboxylic acids is 1. The number of benzene rings is 1. The van der Waals surface area contributed by atoms with Crippen molar-refractivity contribution in [2.45, 2.75) is 32.2 Å². The van der Waals surface area contributed by atoms with Gasteiger partial charge in [0.15, 0.2) is 0 Å². The summed E-state index contributed by atoms with van der Waals surface area (Å²) in [7, 11) is 0. The number of aliphatic carboxylic acids is 1. The van der Waals surface area contributed by atoms with Gasteiger partial charge in [-0.2, -0.15) is 0 Å². The van der Waals surface area contributed by atoms with Crippen LogP contribution in [0.2, 0.25) is 0 Å². The van der Waals surface area contributed by atoms with Crippen molar-refractivity contribution in [3.63, 3.8) is 0 Å². The van der Waals surface area contributed by atoms with E-state index in [-0.39, 0.29) is 23.8 Å². The van der Waals surface area contributed by atoms with E-state index in [1.807, 2.05) is 31.2 Å². The third kappa shape index (κ3) is 3.60. The molecular formula is C15H18BrNO3. The van der Waals surface area contributed by atoms with E-state index >= 15 is 0 Å². The molecule has 4 nitrogen and oxygen atoms in total. The van der Waals surface area contributed by atoms with Crippen molar-refractivity contribution in [2.75, 3.05) is 0 Å². The lowest BCUT2D eigenvalue weighted by atomic mass is 10.0. The summed E-state index contributed by atoms with van der Waals surface area (Å²) in [4.78, 5) is 23.1. The Morgan fingerprint density at radius 3 is 2.65 bits per heavy atom. The molecule has 0 aromatic heterocycles. The first kappa shape index (κ1) is 15.0. The van der Waals surface area contributed by atoms with Gasteiger partial charge in [-0.25, -0.2) is 0 Å². The van der Waals surface area contributed by atoms with Gasteiger partial charge in [0.25, 0.3) is 0 Å². The average Bonchev–Trinajstić information content (AvgIpc) is 2.88. The van der Waals surface area contributed by atoms with E-state index in [4.69, 9.17) is 5.11 Å². The zero-order chi connectivity index (χ0) is 14.7. The van der Waals surface area contributed by atoms with Gasteiger partial charge in [-0.05, 0) is 43.9 Å². The molecule has 0 bridgehead atoms. The number of carbonyl (C=O) groups excluding carboxylic acids is 1. The van der Waals surface area contributed by atoms with E-state index in [1.54, 1.807) is 0 Å². The molecule has 1 aromatic carbocycles. The number of amides is 1. The van der Waals surface area contributed by atoms with Crippen molar-refractivity contribution in [2.24, 2.45) is 11.8 Å². The minimum Gasteiger partial charge on any atom is -0.481 e. The Morgan fingerprint density at radius 2 is 2.05 bits per heavy atom. The molecule has 1 fully saturated rings. The fraction of sp³-hybridized carbons (Fsp3) is 0.467. The maximum atomic E-state index is 12.2. The summed E-state index contributed by atoms with van der Waals surface area (Å²) in [6.07, 6.45) is 1.71. The Bertz CT molecular complexity index is 518. The summed E-state index contributed by atoms with van der Waals surface area (Å²) in [5.41, 5.74) is 1.03. The molecule has 0 saturated heterocycles. The largest absolute Gasteiger partial charge is 0.481 e. The molecule has 3 atom stereocenters. The first-order chi connectivity index (χ1) is 9.47. The van der Waals surface area contributed by atoms with Crippen molar-refractivity contribution in [3.05, 3.63) is 34.3 Å². The molecule has 20 heavy (non-hydrogen) atoms. The Kier molecular flexibility index (Phi) is 4.81. The molecule has 1 amide bonds. The van der Waals surface area contributed by atoms with Crippen molar-refractivity contribution >= 4 is 27.8 Å². The molecule has 1 aliphatic carbocycles. The molecule has 0 radical (unpaired) electrons. The van der Waals surface area contributed by atoms with Gasteiger partial charge in [0.1, 0.15) is 0 Å². The molecule has 0 aliphatic heterocycles. The number of halogens is 1. The van der Waals surface area contributed by atoms with E-state index in [9.17, 15) is 9.59 Å². The van der Waals surface area contributed by atoms with E-state index in [2.05, 4.69) is 21.2 Å². The first-order valence-corrected chi connectivity index (χ1v) is 7.55. The van der Waals surface area contributed by atoms with Crippen molar-refractivity contribution < 1.29 is 14.7 Å². The zero-order valence-corrected chi connectivity index (χ0v) is 12.9. The van der Waals surface area contributed by atoms with Crippen LogP contribution in [0.5, 0.6) is 0 Å². The molecule has 0 heterocycles. The molecule has 1 aliphatic rings. The minimum atomic E-state index is -0.791. The van der Waals surface area contributed by atoms with Gasteiger partial charge in [0.2, 0.25) is 5.91 Å². The van der Waals surface area contributed by atoms with Crippen LogP contribution in [-0.4, -0.2) is 17.0 Å². The fourth-order valence-electron chi connectivity index (χ4n) is 2.63. The number of nitrogens with one attached hydrogen (secondary N) is 1. The van der Waals surface area contributed by atoms with Crippen LogP contribution in [0.25, 0.3) is 0 Å². The third-order valence-electron chi connectivity index (χ3n) is 3.86. The summed E-state index contributed by atoms with van der Waals surface area (Å²) >= 11 is 3.41. The SMILES string of the molecule is CC(NC(=O)[C@@H]1CC[C@H](C(=O)O)C1)c1cccc(Br)c1. The van der Waals surface area contributed by atoms with Crippen LogP contribution in [0.3, 0.4) is 0 Å². The van der Waals surface area contributed by atoms with Gasteiger partial charge >= 0.3 is 5.97 Å². The summed E-state index contributed by atoms with van der Waals surface area (Å²) in [5, 5.41) is 11.9. The van der Waals surface area contributed by atoms with Gasteiger partial charge in [0.05, 0.1) is 12.0 Å². The highest BCUT2D eigenvalue weighted by Crippen LogP contribution is 2.31. The Hall–Kier alpha value is -1.36. The molecule has 2 N–H and O–H groups in total. The van der Waals surface area contributed by atoms with E-state index in [1.165, 1.54) is 0 Å². The monoisotopic (exact) mass is 339 g/mol. The second-order valence-electron chi connectivity index (χ2n) is 5.33. The summed E-state index contributed by atoms with van der Waals surface area (Å²) < 4.78 is 0.975. The molecule has 1 unspecified atom stereocenters. The van der Waals surface area contributed by atoms with Crippen LogP contribution in [0, 0.1) is 11.8 Å². The lowest BCUT2D eigenvalue weighted by molar-refractivity contribution is -0.141. The first-order valence-electron chi connectivity index (χ1n) is 6.76. The van der Waals surface area contributed by atoms with Gasteiger partial charge in [-0.15, -0.1) is 0 Å².